The van der Waals surface area contributed by atoms with Crippen LogP contribution in [0.25, 0.3) is 6.08 Å². The van der Waals surface area contributed by atoms with E-state index in [1.165, 1.54) is 11.8 Å². The first-order chi connectivity index (χ1) is 8.19. The smallest absolute Gasteiger partial charge is 0.196 e. The van der Waals surface area contributed by atoms with Gasteiger partial charge in [0.1, 0.15) is 0 Å². The molecule has 0 saturated heterocycles. The molecule has 0 aliphatic rings. The normalized spacial score (nSPS) is 12.1. The lowest BCUT2D eigenvalue weighted by molar-refractivity contribution is -0.111. The van der Waals surface area contributed by atoms with Crippen LogP contribution in [0.1, 0.15) is 43.7 Å². The van der Waals surface area contributed by atoms with Gasteiger partial charge in [-0.1, -0.05) is 69.0 Å². The lowest BCUT2D eigenvalue weighted by atomic mass is 10.0. The zero-order chi connectivity index (χ0) is 12.7. The van der Waals surface area contributed by atoms with Gasteiger partial charge in [-0.05, 0) is 17.5 Å². The van der Waals surface area contributed by atoms with E-state index in [1.54, 1.807) is 0 Å². The Morgan fingerprint density at radius 3 is 2.94 bits per heavy atom. The molecule has 1 aromatic carbocycles. The first kappa shape index (κ1) is 14.0. The van der Waals surface area contributed by atoms with E-state index in [9.17, 15) is 4.79 Å². The van der Waals surface area contributed by atoms with Gasteiger partial charge in [-0.3, -0.25) is 4.79 Å². The van der Waals surface area contributed by atoms with Gasteiger partial charge >= 0.3 is 0 Å². The highest BCUT2D eigenvalue weighted by atomic mass is 32.2. The first-order valence-electron chi connectivity index (χ1n) is 6.08. The molecule has 0 aliphatic carbocycles. The minimum absolute atomic E-state index is 0.0308. The summed E-state index contributed by atoms with van der Waals surface area (Å²) in [5, 5.41) is 0.264. The molecule has 17 heavy (non-hydrogen) atoms. The molecule has 0 saturated carbocycles. The monoisotopic (exact) mass is 248 g/mol. The molecule has 0 fully saturated rings. The molecule has 0 radical (unpaired) electrons. The summed E-state index contributed by atoms with van der Waals surface area (Å²) in [7, 11) is 0. The van der Waals surface area contributed by atoms with Crippen LogP contribution in [0.2, 0.25) is 0 Å². The number of unbranched alkanes of at least 4 members (excludes halogenated alkanes) is 1. The Morgan fingerprint density at radius 1 is 1.53 bits per heavy atom. The van der Waals surface area contributed by atoms with Crippen molar-refractivity contribution in [1.82, 2.24) is 0 Å². The van der Waals surface area contributed by atoms with Gasteiger partial charge in [0.2, 0.25) is 0 Å². The van der Waals surface area contributed by atoms with Crippen LogP contribution < -0.4 is 0 Å². The fourth-order valence-electron chi connectivity index (χ4n) is 1.53. The van der Waals surface area contributed by atoms with Crippen molar-refractivity contribution in [2.24, 2.45) is 0 Å². The highest BCUT2D eigenvalue weighted by Crippen LogP contribution is 2.23. The predicted molar refractivity (Wildman–Crippen MR) is 77.3 cm³/mol. The van der Waals surface area contributed by atoms with Gasteiger partial charge in [0.15, 0.2) is 5.12 Å². The summed E-state index contributed by atoms with van der Waals surface area (Å²) < 4.78 is 0. The van der Waals surface area contributed by atoms with E-state index in [4.69, 9.17) is 0 Å². The molecule has 0 aliphatic heterocycles. The van der Waals surface area contributed by atoms with Gasteiger partial charge in [0.05, 0.1) is 5.92 Å². The lowest BCUT2D eigenvalue weighted by Gasteiger charge is -2.10. The summed E-state index contributed by atoms with van der Waals surface area (Å²) in [6.45, 7) is 7.86. The molecule has 0 heterocycles. The van der Waals surface area contributed by atoms with Crippen LogP contribution >= 0.6 is 11.8 Å². The minimum Gasteiger partial charge on any atom is -0.287 e. The van der Waals surface area contributed by atoms with E-state index in [2.05, 4.69) is 13.5 Å². The SMILES string of the molecule is C=Cc1cccc(C(C)C(=O)SCCCC)c1. The van der Waals surface area contributed by atoms with Crippen molar-refractivity contribution < 1.29 is 4.79 Å². The van der Waals surface area contributed by atoms with Gasteiger partial charge in [0, 0.05) is 5.75 Å². The van der Waals surface area contributed by atoms with Crippen molar-refractivity contribution in [2.75, 3.05) is 5.75 Å². The summed E-state index contributed by atoms with van der Waals surface area (Å²) in [6.07, 6.45) is 4.06. The molecule has 0 N–H and O–H groups in total. The number of hydrogen-bond donors (Lipinski definition) is 0. The maximum absolute atomic E-state index is 12.0. The number of rotatable bonds is 6. The number of carbonyl (C=O) groups is 1. The molecule has 92 valence electrons. The van der Waals surface area contributed by atoms with E-state index < -0.39 is 0 Å². The van der Waals surface area contributed by atoms with Crippen molar-refractivity contribution in [2.45, 2.75) is 32.6 Å². The second-order valence-electron chi connectivity index (χ2n) is 4.12. The van der Waals surface area contributed by atoms with Crippen LogP contribution in [0.4, 0.5) is 0 Å². The average Bonchev–Trinajstić information content (AvgIpc) is 2.38. The zero-order valence-electron chi connectivity index (χ0n) is 10.6. The Balaban J connectivity index is 2.64. The van der Waals surface area contributed by atoms with Gasteiger partial charge < -0.3 is 0 Å². The minimum atomic E-state index is -0.0308. The molecule has 1 unspecified atom stereocenters. The highest BCUT2D eigenvalue weighted by Gasteiger charge is 2.15. The van der Waals surface area contributed by atoms with Gasteiger partial charge in [-0.2, -0.15) is 0 Å². The summed E-state index contributed by atoms with van der Waals surface area (Å²) in [5.74, 6) is 0.901. The number of thioether (sulfide) groups is 1. The molecule has 0 spiro atoms. The summed E-state index contributed by atoms with van der Waals surface area (Å²) >= 11 is 1.45. The standard InChI is InChI=1S/C15H20OS/c1-4-6-10-17-15(16)12(3)14-9-7-8-13(5-2)11-14/h5,7-9,11-12H,2,4,6,10H2,1,3H3. The molecule has 0 amide bonds. The Labute approximate surface area is 108 Å². The van der Waals surface area contributed by atoms with Crippen molar-refractivity contribution in [3.05, 3.63) is 42.0 Å². The Kier molecular flexibility index (Phi) is 6.06. The van der Waals surface area contributed by atoms with Gasteiger partial charge in [-0.15, -0.1) is 0 Å². The summed E-state index contributed by atoms with van der Waals surface area (Å²) in [5.41, 5.74) is 2.15. The summed E-state index contributed by atoms with van der Waals surface area (Å²) in [6, 6.07) is 8.02. The van der Waals surface area contributed by atoms with E-state index in [-0.39, 0.29) is 11.0 Å². The second kappa shape index (κ2) is 7.33. The van der Waals surface area contributed by atoms with Crippen molar-refractivity contribution in [1.29, 1.82) is 0 Å². The fourth-order valence-corrected chi connectivity index (χ4v) is 2.55. The molecular weight excluding hydrogens is 228 g/mol. The predicted octanol–water partition coefficient (Wildman–Crippen LogP) is 4.49. The van der Waals surface area contributed by atoms with Crippen molar-refractivity contribution in [3.63, 3.8) is 0 Å². The molecule has 0 bridgehead atoms. The van der Waals surface area contributed by atoms with E-state index >= 15 is 0 Å². The highest BCUT2D eigenvalue weighted by molar-refractivity contribution is 8.13. The third kappa shape index (κ3) is 4.39. The van der Waals surface area contributed by atoms with Crippen molar-refractivity contribution >= 4 is 23.0 Å². The average molecular weight is 248 g/mol. The largest absolute Gasteiger partial charge is 0.287 e. The maximum Gasteiger partial charge on any atom is 0.196 e. The molecule has 0 aromatic heterocycles. The third-order valence-electron chi connectivity index (χ3n) is 2.74. The van der Waals surface area contributed by atoms with Gasteiger partial charge in [-0.25, -0.2) is 0 Å². The van der Waals surface area contributed by atoms with E-state index in [0.717, 1.165) is 29.7 Å². The molecule has 1 aromatic rings. The Bertz CT molecular complexity index is 384. The molecular formula is C15H20OS. The lowest BCUT2D eigenvalue weighted by Crippen LogP contribution is -2.05. The summed E-state index contributed by atoms with van der Waals surface area (Å²) in [4.78, 5) is 12.0. The van der Waals surface area contributed by atoms with Crippen LogP contribution in [-0.2, 0) is 4.79 Å². The second-order valence-corrected chi connectivity index (χ2v) is 5.22. The topological polar surface area (TPSA) is 17.1 Å². The maximum atomic E-state index is 12.0. The molecule has 1 rings (SSSR count). The van der Waals surface area contributed by atoms with Crippen LogP contribution in [0, 0.1) is 0 Å². The fraction of sp³-hybridized carbons (Fsp3) is 0.400. The third-order valence-corrected chi connectivity index (χ3v) is 3.87. The zero-order valence-corrected chi connectivity index (χ0v) is 11.4. The van der Waals surface area contributed by atoms with Crippen LogP contribution in [0.3, 0.4) is 0 Å². The van der Waals surface area contributed by atoms with Crippen LogP contribution in [0.5, 0.6) is 0 Å². The molecule has 2 heteroatoms. The number of hydrogen-bond acceptors (Lipinski definition) is 2. The van der Waals surface area contributed by atoms with E-state index in [0.29, 0.717) is 0 Å². The van der Waals surface area contributed by atoms with Gasteiger partial charge in [0.25, 0.3) is 0 Å². The van der Waals surface area contributed by atoms with Crippen molar-refractivity contribution in [3.8, 4) is 0 Å². The Morgan fingerprint density at radius 2 is 2.29 bits per heavy atom. The van der Waals surface area contributed by atoms with Crippen LogP contribution in [0.15, 0.2) is 30.8 Å². The van der Waals surface area contributed by atoms with E-state index in [1.807, 2.05) is 37.3 Å². The van der Waals surface area contributed by atoms with Crippen LogP contribution in [-0.4, -0.2) is 10.9 Å². The number of benzene rings is 1. The Hall–Kier alpha value is -1.02. The first-order valence-corrected chi connectivity index (χ1v) is 7.06. The number of carbonyl (C=O) groups excluding carboxylic acids is 1. The molecule has 1 nitrogen and oxygen atoms in total. The molecule has 1 atom stereocenters. The quantitative estimate of drug-likeness (QED) is 0.690.